The predicted octanol–water partition coefficient (Wildman–Crippen LogP) is 3.72. The molecule has 4 amide bonds. The maximum absolute atomic E-state index is 13.0. The number of hydrogen-bond donors (Lipinski definition) is 2. The van der Waals surface area contributed by atoms with E-state index < -0.39 is 11.6 Å². The normalized spacial score (nSPS) is 21.6. The summed E-state index contributed by atoms with van der Waals surface area (Å²) >= 11 is 0. The standard InChI is InChI=1S/C28H31N5O3/c1-20-11-13-28(14-12-20)26(35)33(27(36)31-28)19-25(34)29-17-23-5-2-3-6-24(23)22-9-7-21(8-10-22)18-32-16-4-15-30-32/h2-10,15-16,20H,11-14,17-19H2,1H3,(H,29,34)(H,31,36). The molecule has 186 valence electrons. The molecule has 2 aliphatic rings. The van der Waals surface area contributed by atoms with Crippen molar-refractivity contribution in [2.45, 2.75) is 51.2 Å². The summed E-state index contributed by atoms with van der Waals surface area (Å²) in [6.07, 6.45) is 6.75. The molecule has 2 heterocycles. The fourth-order valence-corrected chi connectivity index (χ4v) is 5.13. The molecule has 1 saturated carbocycles. The zero-order valence-electron chi connectivity index (χ0n) is 20.4. The molecule has 0 bridgehead atoms. The van der Waals surface area contributed by atoms with Crippen LogP contribution in [-0.4, -0.2) is 44.6 Å². The summed E-state index contributed by atoms with van der Waals surface area (Å²) < 4.78 is 1.88. The number of amides is 4. The van der Waals surface area contributed by atoms with E-state index in [1.165, 1.54) is 0 Å². The highest BCUT2D eigenvalue weighted by molar-refractivity contribution is 6.09. The van der Waals surface area contributed by atoms with E-state index in [0.717, 1.165) is 40.0 Å². The van der Waals surface area contributed by atoms with Crippen LogP contribution in [0.5, 0.6) is 0 Å². The number of nitrogens with zero attached hydrogens (tertiary/aromatic N) is 3. The van der Waals surface area contributed by atoms with Gasteiger partial charge < -0.3 is 10.6 Å². The SMILES string of the molecule is CC1CCC2(CC1)NC(=O)N(CC(=O)NCc1ccccc1-c1ccc(Cn3cccn3)cc1)C2=O. The quantitative estimate of drug-likeness (QED) is 0.499. The predicted molar refractivity (Wildman–Crippen MR) is 136 cm³/mol. The molecule has 0 unspecified atom stereocenters. The largest absolute Gasteiger partial charge is 0.350 e. The Hall–Kier alpha value is -3.94. The van der Waals surface area contributed by atoms with Crippen LogP contribution in [0.15, 0.2) is 67.0 Å². The molecule has 2 aromatic carbocycles. The highest BCUT2D eigenvalue weighted by Gasteiger charge is 2.52. The van der Waals surface area contributed by atoms with Crippen molar-refractivity contribution in [2.24, 2.45) is 5.92 Å². The minimum Gasteiger partial charge on any atom is -0.350 e. The Labute approximate surface area is 210 Å². The lowest BCUT2D eigenvalue weighted by molar-refractivity contribution is -0.136. The molecule has 3 aromatic rings. The van der Waals surface area contributed by atoms with Crippen molar-refractivity contribution in [3.05, 3.63) is 78.1 Å². The number of imide groups is 1. The molecular weight excluding hydrogens is 454 g/mol. The zero-order chi connectivity index (χ0) is 25.1. The Morgan fingerprint density at radius 1 is 1.08 bits per heavy atom. The van der Waals surface area contributed by atoms with Gasteiger partial charge in [0.15, 0.2) is 0 Å². The number of benzene rings is 2. The topological polar surface area (TPSA) is 96.3 Å². The molecule has 8 heteroatoms. The Bertz CT molecular complexity index is 1240. The molecule has 0 radical (unpaired) electrons. The van der Waals surface area contributed by atoms with Crippen LogP contribution in [0.1, 0.15) is 43.7 Å². The number of nitrogens with one attached hydrogen (secondary N) is 2. The molecule has 2 fully saturated rings. The summed E-state index contributed by atoms with van der Waals surface area (Å²) in [6, 6.07) is 17.6. The molecule has 36 heavy (non-hydrogen) atoms. The van der Waals surface area contributed by atoms with Crippen molar-refractivity contribution < 1.29 is 14.4 Å². The van der Waals surface area contributed by atoms with E-state index in [-0.39, 0.29) is 18.4 Å². The highest BCUT2D eigenvalue weighted by atomic mass is 16.2. The Morgan fingerprint density at radius 2 is 1.83 bits per heavy atom. The lowest BCUT2D eigenvalue weighted by atomic mass is 9.77. The molecule has 1 aliphatic heterocycles. The molecule has 0 atom stereocenters. The van der Waals surface area contributed by atoms with E-state index in [4.69, 9.17) is 0 Å². The van der Waals surface area contributed by atoms with Gasteiger partial charge in [-0.1, -0.05) is 55.5 Å². The molecule has 8 nitrogen and oxygen atoms in total. The number of aromatic nitrogens is 2. The van der Waals surface area contributed by atoms with Crippen molar-refractivity contribution in [1.82, 2.24) is 25.3 Å². The van der Waals surface area contributed by atoms with Gasteiger partial charge in [0.2, 0.25) is 5.91 Å². The average molecular weight is 486 g/mol. The van der Waals surface area contributed by atoms with Gasteiger partial charge in [0, 0.05) is 18.9 Å². The minimum absolute atomic E-state index is 0.272. The number of hydrogen-bond acceptors (Lipinski definition) is 4. The van der Waals surface area contributed by atoms with Gasteiger partial charge in [-0.25, -0.2) is 4.79 Å². The number of urea groups is 1. The lowest BCUT2D eigenvalue weighted by Crippen LogP contribution is -2.49. The Morgan fingerprint density at radius 3 is 2.56 bits per heavy atom. The van der Waals surface area contributed by atoms with Gasteiger partial charge >= 0.3 is 6.03 Å². The fraction of sp³-hybridized carbons (Fsp3) is 0.357. The van der Waals surface area contributed by atoms with Crippen LogP contribution < -0.4 is 10.6 Å². The first kappa shape index (κ1) is 23.8. The average Bonchev–Trinajstić information content (AvgIpc) is 3.48. The third kappa shape index (κ3) is 4.89. The van der Waals surface area contributed by atoms with Crippen LogP contribution in [-0.2, 0) is 22.7 Å². The van der Waals surface area contributed by atoms with Gasteiger partial charge in [0.25, 0.3) is 5.91 Å². The zero-order valence-corrected chi connectivity index (χ0v) is 20.4. The first-order valence-corrected chi connectivity index (χ1v) is 12.5. The van der Waals surface area contributed by atoms with Gasteiger partial charge in [-0.15, -0.1) is 0 Å². The lowest BCUT2D eigenvalue weighted by Gasteiger charge is -2.33. The number of rotatable bonds is 7. The van der Waals surface area contributed by atoms with E-state index >= 15 is 0 Å². The third-order valence-corrected chi connectivity index (χ3v) is 7.34. The smallest absolute Gasteiger partial charge is 0.325 e. The van der Waals surface area contributed by atoms with Crippen molar-refractivity contribution in [3.63, 3.8) is 0 Å². The van der Waals surface area contributed by atoms with E-state index in [0.29, 0.717) is 31.8 Å². The minimum atomic E-state index is -0.833. The second-order valence-corrected chi connectivity index (χ2v) is 9.92. The van der Waals surface area contributed by atoms with Gasteiger partial charge in [-0.3, -0.25) is 19.2 Å². The summed E-state index contributed by atoms with van der Waals surface area (Å²) in [7, 11) is 0. The monoisotopic (exact) mass is 485 g/mol. The molecule has 5 rings (SSSR count). The van der Waals surface area contributed by atoms with E-state index in [1.807, 2.05) is 41.2 Å². The molecule has 2 N–H and O–H groups in total. The van der Waals surface area contributed by atoms with Crippen molar-refractivity contribution in [2.75, 3.05) is 6.54 Å². The maximum atomic E-state index is 13.0. The van der Waals surface area contributed by atoms with Gasteiger partial charge in [0.05, 0.1) is 6.54 Å². The van der Waals surface area contributed by atoms with Gasteiger partial charge in [-0.05, 0) is 59.9 Å². The van der Waals surface area contributed by atoms with Crippen LogP contribution in [0, 0.1) is 5.92 Å². The van der Waals surface area contributed by atoms with Crippen LogP contribution in [0.3, 0.4) is 0 Å². The first-order valence-electron chi connectivity index (χ1n) is 12.5. The summed E-state index contributed by atoms with van der Waals surface area (Å²) in [6.45, 7) is 2.89. The van der Waals surface area contributed by atoms with Gasteiger partial charge in [0.1, 0.15) is 12.1 Å². The van der Waals surface area contributed by atoms with E-state index in [1.54, 1.807) is 6.20 Å². The van der Waals surface area contributed by atoms with Crippen LogP contribution in [0.4, 0.5) is 4.79 Å². The van der Waals surface area contributed by atoms with Crippen molar-refractivity contribution >= 4 is 17.8 Å². The van der Waals surface area contributed by atoms with Gasteiger partial charge in [-0.2, -0.15) is 5.10 Å². The summed E-state index contributed by atoms with van der Waals surface area (Å²) in [5, 5.41) is 10.0. The summed E-state index contributed by atoms with van der Waals surface area (Å²) in [5.41, 5.74) is 3.34. The highest BCUT2D eigenvalue weighted by Crippen LogP contribution is 2.36. The van der Waals surface area contributed by atoms with E-state index in [9.17, 15) is 14.4 Å². The molecule has 1 saturated heterocycles. The summed E-state index contributed by atoms with van der Waals surface area (Å²) in [5.74, 6) is -0.0837. The molecular formula is C28H31N5O3. The van der Waals surface area contributed by atoms with Crippen molar-refractivity contribution in [1.29, 1.82) is 0 Å². The van der Waals surface area contributed by atoms with Crippen LogP contribution >= 0.6 is 0 Å². The number of carbonyl (C=O) groups is 3. The Kier molecular flexibility index (Phi) is 6.59. The Balaban J connectivity index is 1.21. The fourth-order valence-electron chi connectivity index (χ4n) is 5.13. The van der Waals surface area contributed by atoms with Crippen molar-refractivity contribution in [3.8, 4) is 11.1 Å². The van der Waals surface area contributed by atoms with E-state index in [2.05, 4.69) is 46.9 Å². The van der Waals surface area contributed by atoms with Crippen LogP contribution in [0.2, 0.25) is 0 Å². The number of carbonyl (C=O) groups excluding carboxylic acids is 3. The third-order valence-electron chi connectivity index (χ3n) is 7.34. The van der Waals surface area contributed by atoms with Crippen LogP contribution in [0.25, 0.3) is 11.1 Å². The summed E-state index contributed by atoms with van der Waals surface area (Å²) in [4.78, 5) is 39.4. The molecule has 1 spiro atoms. The molecule has 1 aliphatic carbocycles. The maximum Gasteiger partial charge on any atom is 0.325 e. The second-order valence-electron chi connectivity index (χ2n) is 9.92. The molecule has 1 aromatic heterocycles. The second kappa shape index (κ2) is 9.97. The first-order chi connectivity index (χ1) is 17.4.